The maximum Gasteiger partial charge on any atom is 0.264 e. The number of benzene rings is 1. The van der Waals surface area contributed by atoms with Crippen LogP contribution in [0, 0.1) is 0 Å². The van der Waals surface area contributed by atoms with Crippen molar-refractivity contribution in [1.82, 2.24) is 14.8 Å². The van der Waals surface area contributed by atoms with Crippen molar-refractivity contribution >= 4 is 27.7 Å². The van der Waals surface area contributed by atoms with Crippen LogP contribution in [0.1, 0.15) is 6.92 Å². The Hall–Kier alpha value is -1.74. The van der Waals surface area contributed by atoms with Crippen LogP contribution in [0.25, 0.3) is 0 Å². The van der Waals surface area contributed by atoms with Gasteiger partial charge in [0.05, 0.1) is 11.5 Å². The highest BCUT2D eigenvalue weighted by Gasteiger charge is 2.18. The summed E-state index contributed by atoms with van der Waals surface area (Å²) in [6.07, 6.45) is 1.84. The summed E-state index contributed by atoms with van der Waals surface area (Å²) in [5.41, 5.74) is 0. The SMILES string of the molecule is CCOc1cccc(S(=O)(=O)Nc2nc(SC)n(C)n2)c1. The first-order chi connectivity index (χ1) is 9.96. The van der Waals surface area contributed by atoms with Gasteiger partial charge in [0.15, 0.2) is 5.16 Å². The molecule has 1 aromatic heterocycles. The molecule has 0 amide bonds. The smallest absolute Gasteiger partial charge is 0.264 e. The van der Waals surface area contributed by atoms with Crippen LogP contribution in [0.3, 0.4) is 0 Å². The maximum atomic E-state index is 12.3. The van der Waals surface area contributed by atoms with Gasteiger partial charge >= 0.3 is 0 Å². The highest BCUT2D eigenvalue weighted by atomic mass is 32.2. The molecule has 0 saturated carbocycles. The zero-order chi connectivity index (χ0) is 15.5. The number of thioether (sulfide) groups is 1. The first-order valence-electron chi connectivity index (χ1n) is 6.17. The number of sulfonamides is 1. The van der Waals surface area contributed by atoms with Crippen LogP contribution < -0.4 is 9.46 Å². The van der Waals surface area contributed by atoms with Gasteiger partial charge in [-0.05, 0) is 25.3 Å². The topological polar surface area (TPSA) is 86.1 Å². The Balaban J connectivity index is 2.27. The number of hydrogen-bond donors (Lipinski definition) is 1. The van der Waals surface area contributed by atoms with E-state index in [9.17, 15) is 8.42 Å². The van der Waals surface area contributed by atoms with E-state index in [4.69, 9.17) is 4.74 Å². The van der Waals surface area contributed by atoms with E-state index >= 15 is 0 Å². The van der Waals surface area contributed by atoms with Crippen molar-refractivity contribution in [3.63, 3.8) is 0 Å². The molecule has 0 radical (unpaired) electrons. The highest BCUT2D eigenvalue weighted by molar-refractivity contribution is 7.98. The molecule has 9 heteroatoms. The molecule has 0 unspecified atom stereocenters. The third-order valence-electron chi connectivity index (χ3n) is 2.56. The summed E-state index contributed by atoms with van der Waals surface area (Å²) in [6.45, 7) is 2.30. The molecule has 2 rings (SSSR count). The van der Waals surface area contributed by atoms with E-state index in [-0.39, 0.29) is 10.8 Å². The third kappa shape index (κ3) is 3.67. The molecule has 0 saturated heterocycles. The molecule has 0 aliphatic rings. The number of anilines is 1. The lowest BCUT2D eigenvalue weighted by Gasteiger charge is -2.07. The molecule has 21 heavy (non-hydrogen) atoms. The lowest BCUT2D eigenvalue weighted by Crippen LogP contribution is -2.14. The average molecular weight is 328 g/mol. The number of nitrogens with one attached hydrogen (secondary N) is 1. The monoisotopic (exact) mass is 328 g/mol. The Morgan fingerprint density at radius 1 is 1.43 bits per heavy atom. The molecule has 0 aliphatic carbocycles. The molecule has 0 atom stereocenters. The van der Waals surface area contributed by atoms with E-state index < -0.39 is 10.0 Å². The molecule has 0 aliphatic heterocycles. The minimum absolute atomic E-state index is 0.0451. The van der Waals surface area contributed by atoms with Crippen LogP contribution in [0.4, 0.5) is 5.95 Å². The molecule has 0 bridgehead atoms. The van der Waals surface area contributed by atoms with Crippen LogP contribution in [-0.2, 0) is 17.1 Å². The van der Waals surface area contributed by atoms with Crippen molar-refractivity contribution < 1.29 is 13.2 Å². The van der Waals surface area contributed by atoms with Gasteiger partial charge < -0.3 is 4.74 Å². The summed E-state index contributed by atoms with van der Waals surface area (Å²) in [5, 5.41) is 4.64. The van der Waals surface area contributed by atoms with Crippen LogP contribution in [-0.4, -0.2) is 36.0 Å². The first-order valence-corrected chi connectivity index (χ1v) is 8.87. The van der Waals surface area contributed by atoms with Gasteiger partial charge in [0.1, 0.15) is 5.75 Å². The Bertz CT molecular complexity index is 728. The lowest BCUT2D eigenvalue weighted by atomic mass is 10.3. The van der Waals surface area contributed by atoms with Crippen molar-refractivity contribution in [3.05, 3.63) is 24.3 Å². The van der Waals surface area contributed by atoms with E-state index in [2.05, 4.69) is 14.8 Å². The Kier molecular flexibility index (Phi) is 4.73. The van der Waals surface area contributed by atoms with Gasteiger partial charge in [-0.2, -0.15) is 4.98 Å². The fraction of sp³-hybridized carbons (Fsp3) is 0.333. The van der Waals surface area contributed by atoms with Crippen LogP contribution in [0.15, 0.2) is 34.3 Å². The number of nitrogens with zero attached hydrogens (tertiary/aromatic N) is 3. The fourth-order valence-electron chi connectivity index (χ4n) is 1.67. The Morgan fingerprint density at radius 3 is 2.81 bits per heavy atom. The van der Waals surface area contributed by atoms with E-state index in [0.717, 1.165) is 0 Å². The van der Waals surface area contributed by atoms with E-state index in [0.29, 0.717) is 17.5 Å². The summed E-state index contributed by atoms with van der Waals surface area (Å²) in [4.78, 5) is 4.19. The van der Waals surface area contributed by atoms with Crippen LogP contribution >= 0.6 is 11.8 Å². The van der Waals surface area contributed by atoms with E-state index in [1.165, 1.54) is 28.6 Å². The van der Waals surface area contributed by atoms with Crippen molar-refractivity contribution in [1.29, 1.82) is 0 Å². The number of hydrogen-bond acceptors (Lipinski definition) is 6. The van der Waals surface area contributed by atoms with Gasteiger partial charge in [0.25, 0.3) is 16.0 Å². The quantitative estimate of drug-likeness (QED) is 0.813. The normalized spacial score (nSPS) is 11.4. The molecular formula is C12H16N4O3S2. The summed E-state index contributed by atoms with van der Waals surface area (Å²) in [6, 6.07) is 6.28. The zero-order valence-electron chi connectivity index (χ0n) is 11.9. The van der Waals surface area contributed by atoms with Crippen LogP contribution in [0.2, 0.25) is 0 Å². The molecular weight excluding hydrogens is 312 g/mol. The average Bonchev–Trinajstić information content (AvgIpc) is 2.78. The highest BCUT2D eigenvalue weighted by Crippen LogP contribution is 2.20. The summed E-state index contributed by atoms with van der Waals surface area (Å²) in [5.74, 6) is 0.544. The molecule has 1 aromatic carbocycles. The third-order valence-corrected chi connectivity index (χ3v) is 4.60. The second kappa shape index (κ2) is 6.35. The van der Waals surface area contributed by atoms with Gasteiger partial charge in [-0.1, -0.05) is 17.8 Å². The van der Waals surface area contributed by atoms with Gasteiger partial charge in [-0.3, -0.25) is 0 Å². The molecule has 1 N–H and O–H groups in total. The zero-order valence-corrected chi connectivity index (χ0v) is 13.5. The van der Waals surface area contributed by atoms with Crippen molar-refractivity contribution in [3.8, 4) is 5.75 Å². The van der Waals surface area contributed by atoms with Crippen molar-refractivity contribution in [2.24, 2.45) is 7.05 Å². The molecule has 0 fully saturated rings. The van der Waals surface area contributed by atoms with E-state index in [1.807, 2.05) is 13.2 Å². The van der Waals surface area contributed by atoms with Gasteiger partial charge in [-0.25, -0.2) is 17.8 Å². The maximum absolute atomic E-state index is 12.3. The van der Waals surface area contributed by atoms with Crippen molar-refractivity contribution in [2.45, 2.75) is 17.0 Å². The minimum Gasteiger partial charge on any atom is -0.494 e. The predicted octanol–water partition coefficient (Wildman–Crippen LogP) is 1.74. The fourth-order valence-corrected chi connectivity index (χ4v) is 3.12. The Labute approximate surface area is 127 Å². The molecule has 114 valence electrons. The second-order valence-electron chi connectivity index (χ2n) is 4.06. The summed E-state index contributed by atoms with van der Waals surface area (Å²) in [7, 11) is -2.04. The Morgan fingerprint density at radius 2 is 2.19 bits per heavy atom. The van der Waals surface area contributed by atoms with Crippen molar-refractivity contribution in [2.75, 3.05) is 17.6 Å². The lowest BCUT2D eigenvalue weighted by molar-refractivity contribution is 0.339. The number of ether oxygens (including phenoxy) is 1. The van der Waals surface area contributed by atoms with Crippen LogP contribution in [0.5, 0.6) is 5.75 Å². The summed E-state index contributed by atoms with van der Waals surface area (Å²) < 4.78 is 33.8. The number of aromatic nitrogens is 3. The van der Waals surface area contributed by atoms with Gasteiger partial charge in [0, 0.05) is 13.1 Å². The largest absolute Gasteiger partial charge is 0.494 e. The summed E-state index contributed by atoms with van der Waals surface area (Å²) >= 11 is 1.38. The minimum atomic E-state index is -3.74. The number of rotatable bonds is 6. The van der Waals surface area contributed by atoms with E-state index in [1.54, 1.807) is 19.2 Å². The van der Waals surface area contributed by atoms with Gasteiger partial charge in [0.2, 0.25) is 0 Å². The molecule has 2 aromatic rings. The van der Waals surface area contributed by atoms with Gasteiger partial charge in [-0.15, -0.1) is 5.10 Å². The predicted molar refractivity (Wildman–Crippen MR) is 81.2 cm³/mol. The number of aryl methyl sites for hydroxylation is 1. The standard InChI is InChI=1S/C12H16N4O3S2/c1-4-19-9-6-5-7-10(8-9)21(17,18)15-11-13-12(20-3)16(2)14-11/h5-8H,4H2,1-3H3,(H,14,15). The molecule has 1 heterocycles. The molecule has 0 spiro atoms. The second-order valence-corrected chi connectivity index (χ2v) is 6.51. The first kappa shape index (κ1) is 15.6. The molecule has 7 nitrogen and oxygen atoms in total.